The first-order chi connectivity index (χ1) is 13.1. The maximum absolute atomic E-state index is 12.3. The van der Waals surface area contributed by atoms with Crippen molar-refractivity contribution in [1.82, 2.24) is 0 Å². The van der Waals surface area contributed by atoms with Gasteiger partial charge in [-0.2, -0.15) is 0 Å². The third kappa shape index (κ3) is 4.41. The molecule has 1 heterocycles. The molecule has 0 radical (unpaired) electrons. The lowest BCUT2D eigenvalue weighted by atomic mass is 10.1. The molecule has 0 bridgehead atoms. The van der Waals surface area contributed by atoms with Gasteiger partial charge in [0.15, 0.2) is 0 Å². The summed E-state index contributed by atoms with van der Waals surface area (Å²) in [7, 11) is 2.89. The SMILES string of the molecule is COC(=O)C1=C(O)/C(=C/c2ccc(OC)cc2)CSC1=Nc1ccccc1. The molecule has 0 aromatic heterocycles. The summed E-state index contributed by atoms with van der Waals surface area (Å²) in [5, 5.41) is 11.2. The molecule has 138 valence electrons. The van der Waals surface area contributed by atoms with Gasteiger partial charge in [-0.25, -0.2) is 9.79 Å². The number of carbonyl (C=O) groups is 1. The van der Waals surface area contributed by atoms with Crippen LogP contribution >= 0.6 is 11.8 Å². The van der Waals surface area contributed by atoms with Crippen molar-refractivity contribution in [2.24, 2.45) is 4.99 Å². The van der Waals surface area contributed by atoms with Crippen molar-refractivity contribution in [1.29, 1.82) is 0 Å². The number of nitrogens with zero attached hydrogens (tertiary/aromatic N) is 1. The Morgan fingerprint density at radius 2 is 1.81 bits per heavy atom. The van der Waals surface area contributed by atoms with Crippen molar-refractivity contribution in [3.8, 4) is 5.75 Å². The van der Waals surface area contributed by atoms with E-state index in [9.17, 15) is 9.90 Å². The van der Waals surface area contributed by atoms with Crippen LogP contribution in [0.1, 0.15) is 5.56 Å². The normalized spacial score (nSPS) is 17.3. The molecule has 1 aliphatic rings. The lowest BCUT2D eigenvalue weighted by Gasteiger charge is -2.19. The van der Waals surface area contributed by atoms with Crippen molar-refractivity contribution in [2.45, 2.75) is 0 Å². The Balaban J connectivity index is 2.01. The maximum atomic E-state index is 12.3. The summed E-state index contributed by atoms with van der Waals surface area (Å²) in [6.45, 7) is 0. The fraction of sp³-hybridized carbons (Fsp3) is 0.143. The highest BCUT2D eigenvalue weighted by Gasteiger charge is 2.29. The lowest BCUT2D eigenvalue weighted by Crippen LogP contribution is -2.20. The van der Waals surface area contributed by atoms with Crippen LogP contribution in [0.4, 0.5) is 5.69 Å². The minimum atomic E-state index is -0.616. The fourth-order valence-electron chi connectivity index (χ4n) is 2.55. The number of thioether (sulfide) groups is 1. The van der Waals surface area contributed by atoms with Crippen LogP contribution in [0.5, 0.6) is 5.75 Å². The monoisotopic (exact) mass is 381 g/mol. The summed E-state index contributed by atoms with van der Waals surface area (Å²) in [6.07, 6.45) is 1.84. The van der Waals surface area contributed by atoms with E-state index in [-0.39, 0.29) is 11.3 Å². The third-order valence-electron chi connectivity index (χ3n) is 3.95. The largest absolute Gasteiger partial charge is 0.507 e. The molecule has 1 N–H and O–H groups in total. The Bertz CT molecular complexity index is 915. The van der Waals surface area contributed by atoms with Gasteiger partial charge in [-0.15, -0.1) is 11.8 Å². The van der Waals surface area contributed by atoms with E-state index >= 15 is 0 Å². The van der Waals surface area contributed by atoms with Crippen LogP contribution in [-0.2, 0) is 9.53 Å². The van der Waals surface area contributed by atoms with E-state index in [2.05, 4.69) is 4.99 Å². The Labute approximate surface area is 162 Å². The number of hydrogen-bond donors (Lipinski definition) is 1. The van der Waals surface area contributed by atoms with E-state index in [4.69, 9.17) is 9.47 Å². The first-order valence-corrected chi connectivity index (χ1v) is 9.24. The number of carbonyl (C=O) groups excluding carboxylic acids is 1. The zero-order valence-corrected chi connectivity index (χ0v) is 15.8. The smallest absolute Gasteiger partial charge is 0.344 e. The van der Waals surface area contributed by atoms with Gasteiger partial charge in [-0.1, -0.05) is 30.3 Å². The molecule has 6 heteroatoms. The average Bonchev–Trinajstić information content (AvgIpc) is 2.71. The van der Waals surface area contributed by atoms with Gasteiger partial charge in [-0.3, -0.25) is 0 Å². The van der Waals surface area contributed by atoms with Gasteiger partial charge in [0, 0.05) is 11.3 Å². The summed E-state index contributed by atoms with van der Waals surface area (Å²) in [4.78, 5) is 16.8. The number of allylic oxidation sites excluding steroid dienone is 1. The molecular formula is C21H19NO4S. The molecule has 5 nitrogen and oxygen atoms in total. The van der Waals surface area contributed by atoms with Crippen molar-refractivity contribution in [3.05, 3.63) is 77.1 Å². The molecule has 0 saturated heterocycles. The molecule has 0 fully saturated rings. The zero-order chi connectivity index (χ0) is 19.2. The number of aliphatic hydroxyl groups is 1. The molecule has 0 amide bonds. The number of methoxy groups -OCH3 is 2. The van der Waals surface area contributed by atoms with Crippen LogP contribution < -0.4 is 4.74 Å². The zero-order valence-electron chi connectivity index (χ0n) is 15.0. The molecular weight excluding hydrogens is 362 g/mol. The van der Waals surface area contributed by atoms with Crippen molar-refractivity contribution in [3.63, 3.8) is 0 Å². The summed E-state index contributed by atoms with van der Waals surface area (Å²) in [5.41, 5.74) is 2.32. The average molecular weight is 381 g/mol. The van der Waals surface area contributed by atoms with Crippen LogP contribution in [0.25, 0.3) is 6.08 Å². The van der Waals surface area contributed by atoms with Gasteiger partial charge in [0.1, 0.15) is 22.1 Å². The van der Waals surface area contributed by atoms with Crippen LogP contribution in [0.15, 0.2) is 76.5 Å². The summed E-state index contributed by atoms with van der Waals surface area (Å²) in [5.74, 6) is 0.521. The van der Waals surface area contributed by atoms with Gasteiger partial charge in [-0.05, 0) is 35.9 Å². The van der Waals surface area contributed by atoms with Crippen LogP contribution in [0, 0.1) is 0 Å². The third-order valence-corrected chi connectivity index (χ3v) is 4.98. The van der Waals surface area contributed by atoms with E-state index < -0.39 is 5.97 Å². The van der Waals surface area contributed by atoms with E-state index in [1.54, 1.807) is 7.11 Å². The minimum absolute atomic E-state index is 0.0809. The summed E-state index contributed by atoms with van der Waals surface area (Å²) < 4.78 is 10.0. The quantitative estimate of drug-likeness (QED) is 0.788. The second-order valence-electron chi connectivity index (χ2n) is 5.70. The number of aliphatic hydroxyl groups excluding tert-OH is 1. The molecule has 2 aromatic rings. The van der Waals surface area contributed by atoms with Crippen molar-refractivity contribution < 1.29 is 19.4 Å². The number of benzene rings is 2. The van der Waals surface area contributed by atoms with Crippen molar-refractivity contribution in [2.75, 3.05) is 20.0 Å². The van der Waals surface area contributed by atoms with Gasteiger partial charge < -0.3 is 14.6 Å². The highest BCUT2D eigenvalue weighted by molar-refractivity contribution is 8.14. The highest BCUT2D eigenvalue weighted by Crippen LogP contribution is 2.33. The molecule has 0 spiro atoms. The predicted octanol–water partition coefficient (Wildman–Crippen LogP) is 4.54. The van der Waals surface area contributed by atoms with Gasteiger partial charge in [0.05, 0.1) is 19.9 Å². The van der Waals surface area contributed by atoms with Crippen molar-refractivity contribution >= 4 is 34.5 Å². The van der Waals surface area contributed by atoms with Crippen LogP contribution in [0.2, 0.25) is 0 Å². The standard InChI is InChI=1S/C21H19NO4S/c1-25-17-10-8-14(9-11-17)12-15-13-27-20(18(19(15)23)21(24)26-2)22-16-6-4-3-5-7-16/h3-12,23H,13H2,1-2H3/b15-12+,22-20?. The van der Waals surface area contributed by atoms with Gasteiger partial charge in [0.2, 0.25) is 0 Å². The van der Waals surface area contributed by atoms with E-state index in [1.165, 1.54) is 18.9 Å². The Kier molecular flexibility index (Phi) is 5.98. The predicted molar refractivity (Wildman–Crippen MR) is 109 cm³/mol. The van der Waals surface area contributed by atoms with Crippen LogP contribution in [-0.4, -0.2) is 36.1 Å². The number of rotatable bonds is 4. The maximum Gasteiger partial charge on any atom is 0.344 e. The Hall–Kier alpha value is -2.99. The number of esters is 1. The molecule has 0 atom stereocenters. The first-order valence-electron chi connectivity index (χ1n) is 8.26. The number of aliphatic imine (C=N–C) groups is 1. The molecule has 0 aliphatic carbocycles. The van der Waals surface area contributed by atoms with E-state index in [1.807, 2.05) is 60.7 Å². The van der Waals surface area contributed by atoms with E-state index in [0.717, 1.165) is 11.3 Å². The summed E-state index contributed by atoms with van der Waals surface area (Å²) >= 11 is 1.39. The van der Waals surface area contributed by atoms with Gasteiger partial charge in [0.25, 0.3) is 0 Å². The Morgan fingerprint density at radius 1 is 1.11 bits per heavy atom. The molecule has 0 saturated carbocycles. The fourth-order valence-corrected chi connectivity index (χ4v) is 3.56. The van der Waals surface area contributed by atoms with E-state index in [0.29, 0.717) is 22.1 Å². The topological polar surface area (TPSA) is 68.1 Å². The first kappa shape index (κ1) is 18.8. The number of para-hydroxylation sites is 1. The Morgan fingerprint density at radius 3 is 2.44 bits per heavy atom. The number of hydrogen-bond acceptors (Lipinski definition) is 6. The van der Waals surface area contributed by atoms with Gasteiger partial charge >= 0.3 is 5.97 Å². The lowest BCUT2D eigenvalue weighted by molar-refractivity contribution is -0.135. The highest BCUT2D eigenvalue weighted by atomic mass is 32.2. The van der Waals surface area contributed by atoms with Crippen LogP contribution in [0.3, 0.4) is 0 Å². The second-order valence-corrected chi connectivity index (χ2v) is 6.66. The molecule has 3 rings (SSSR count). The molecule has 2 aromatic carbocycles. The summed E-state index contributed by atoms with van der Waals surface area (Å²) in [6, 6.07) is 16.7. The number of ether oxygens (including phenoxy) is 2. The molecule has 27 heavy (non-hydrogen) atoms. The molecule has 0 unspecified atom stereocenters. The molecule has 1 aliphatic heterocycles. The second kappa shape index (κ2) is 8.60. The minimum Gasteiger partial charge on any atom is -0.507 e.